The summed E-state index contributed by atoms with van der Waals surface area (Å²) in [4.78, 5) is 14.9. The molecule has 3 nitrogen and oxygen atoms in total. The molecular weight excluding hydrogens is 341 g/mol. The van der Waals surface area contributed by atoms with Crippen LogP contribution in [0.15, 0.2) is 34.5 Å². The van der Waals surface area contributed by atoms with Crippen LogP contribution in [0.1, 0.15) is 69.8 Å². The summed E-state index contributed by atoms with van der Waals surface area (Å²) in [7, 11) is 0. The van der Waals surface area contributed by atoms with Gasteiger partial charge in [-0.2, -0.15) is 0 Å². The molecular formula is C23H26FNO2. The summed E-state index contributed by atoms with van der Waals surface area (Å²) in [5.41, 5.74) is 5.55. The molecule has 1 amide bonds. The van der Waals surface area contributed by atoms with E-state index in [4.69, 9.17) is 4.74 Å². The Labute approximate surface area is 159 Å². The average molecular weight is 367 g/mol. The molecule has 0 aromatic heterocycles. The molecule has 0 saturated heterocycles. The van der Waals surface area contributed by atoms with Gasteiger partial charge in [0.25, 0.3) is 5.91 Å². The lowest BCUT2D eigenvalue weighted by Crippen LogP contribution is -2.27. The number of anilines is 1. The number of nitrogens with zero attached hydrogens (tertiary/aromatic N) is 1. The second-order valence-electron chi connectivity index (χ2n) is 8.35. The molecule has 0 bridgehead atoms. The van der Waals surface area contributed by atoms with Crippen molar-refractivity contribution in [2.45, 2.75) is 77.2 Å². The quantitative estimate of drug-likeness (QED) is 0.684. The SMILES string of the molecule is Cc1cc(F)c(N2C(=O)C3=C(CCCC3)C2=C2CC2)cc1OC1CCCC1. The average Bonchev–Trinajstić information content (AvgIpc) is 3.28. The zero-order chi connectivity index (χ0) is 18.5. The lowest BCUT2D eigenvalue weighted by molar-refractivity contribution is -0.114. The number of hydrogen-bond acceptors (Lipinski definition) is 2. The number of ether oxygens (including phenoxy) is 1. The highest BCUT2D eigenvalue weighted by molar-refractivity contribution is 6.14. The van der Waals surface area contributed by atoms with E-state index in [-0.39, 0.29) is 17.8 Å². The van der Waals surface area contributed by atoms with Gasteiger partial charge in [0, 0.05) is 11.6 Å². The van der Waals surface area contributed by atoms with Gasteiger partial charge in [-0.15, -0.1) is 0 Å². The molecule has 1 heterocycles. The molecule has 5 rings (SSSR count). The second kappa shape index (κ2) is 6.50. The van der Waals surface area contributed by atoms with Gasteiger partial charge in [0.15, 0.2) is 0 Å². The summed E-state index contributed by atoms with van der Waals surface area (Å²) in [6.07, 6.45) is 10.7. The number of halogens is 1. The van der Waals surface area contributed by atoms with E-state index in [9.17, 15) is 4.79 Å². The Morgan fingerprint density at radius 3 is 2.41 bits per heavy atom. The summed E-state index contributed by atoms with van der Waals surface area (Å²) in [5.74, 6) is 0.364. The van der Waals surface area contributed by atoms with Crippen LogP contribution in [-0.4, -0.2) is 12.0 Å². The van der Waals surface area contributed by atoms with E-state index in [0.717, 1.165) is 73.9 Å². The van der Waals surface area contributed by atoms with Crippen molar-refractivity contribution < 1.29 is 13.9 Å². The number of rotatable bonds is 3. The van der Waals surface area contributed by atoms with Gasteiger partial charge >= 0.3 is 0 Å². The van der Waals surface area contributed by atoms with E-state index in [2.05, 4.69) is 0 Å². The highest BCUT2D eigenvalue weighted by Crippen LogP contribution is 2.48. The van der Waals surface area contributed by atoms with E-state index in [0.29, 0.717) is 5.69 Å². The maximum absolute atomic E-state index is 15.0. The number of amides is 1. The molecule has 4 aliphatic rings. The van der Waals surface area contributed by atoms with Crippen LogP contribution in [-0.2, 0) is 4.79 Å². The molecule has 1 aromatic rings. The Kier molecular flexibility index (Phi) is 4.10. The van der Waals surface area contributed by atoms with Crippen molar-refractivity contribution in [3.63, 3.8) is 0 Å². The van der Waals surface area contributed by atoms with Crippen LogP contribution < -0.4 is 9.64 Å². The minimum absolute atomic E-state index is 0.0198. The summed E-state index contributed by atoms with van der Waals surface area (Å²) < 4.78 is 21.2. The summed E-state index contributed by atoms with van der Waals surface area (Å²) in [6, 6.07) is 3.29. The van der Waals surface area contributed by atoms with Crippen LogP contribution in [0.25, 0.3) is 0 Å². The largest absolute Gasteiger partial charge is 0.490 e. The Morgan fingerprint density at radius 1 is 1.00 bits per heavy atom. The first-order valence-corrected chi connectivity index (χ1v) is 10.4. The second-order valence-corrected chi connectivity index (χ2v) is 8.35. The monoisotopic (exact) mass is 367 g/mol. The predicted molar refractivity (Wildman–Crippen MR) is 103 cm³/mol. The van der Waals surface area contributed by atoms with Crippen molar-refractivity contribution in [3.05, 3.63) is 45.9 Å². The number of aryl methyl sites for hydroxylation is 1. The molecule has 0 spiro atoms. The van der Waals surface area contributed by atoms with E-state index in [1.165, 1.54) is 30.1 Å². The first-order valence-electron chi connectivity index (χ1n) is 10.4. The number of carbonyl (C=O) groups is 1. The molecule has 2 saturated carbocycles. The van der Waals surface area contributed by atoms with Gasteiger partial charge in [-0.3, -0.25) is 9.69 Å². The normalized spacial score (nSPS) is 22.7. The first kappa shape index (κ1) is 17.0. The third-order valence-electron chi connectivity index (χ3n) is 6.35. The number of hydrogen-bond donors (Lipinski definition) is 0. The van der Waals surface area contributed by atoms with E-state index < -0.39 is 0 Å². The summed E-state index contributed by atoms with van der Waals surface area (Å²) >= 11 is 0. The summed E-state index contributed by atoms with van der Waals surface area (Å²) in [6.45, 7) is 1.88. The maximum Gasteiger partial charge on any atom is 0.259 e. The van der Waals surface area contributed by atoms with Gasteiger partial charge < -0.3 is 4.74 Å². The zero-order valence-corrected chi connectivity index (χ0v) is 15.9. The summed E-state index contributed by atoms with van der Waals surface area (Å²) in [5, 5.41) is 0. The van der Waals surface area contributed by atoms with Gasteiger partial charge in [-0.05, 0) is 93.9 Å². The fourth-order valence-corrected chi connectivity index (χ4v) is 4.80. The van der Waals surface area contributed by atoms with Gasteiger partial charge in [0.2, 0.25) is 0 Å². The Hall–Kier alpha value is -2.10. The van der Waals surface area contributed by atoms with Crippen LogP contribution in [0.2, 0.25) is 0 Å². The van der Waals surface area contributed by atoms with Gasteiger partial charge in [-0.1, -0.05) is 0 Å². The minimum Gasteiger partial charge on any atom is -0.490 e. The van der Waals surface area contributed by atoms with E-state index >= 15 is 4.39 Å². The predicted octanol–water partition coefficient (Wildman–Crippen LogP) is 5.72. The fourth-order valence-electron chi connectivity index (χ4n) is 4.80. The zero-order valence-electron chi connectivity index (χ0n) is 15.9. The smallest absolute Gasteiger partial charge is 0.259 e. The molecule has 0 unspecified atom stereocenters. The number of benzene rings is 1. The highest BCUT2D eigenvalue weighted by atomic mass is 19.1. The Balaban J connectivity index is 1.56. The number of allylic oxidation sites excluding steroid dienone is 2. The minimum atomic E-state index is -0.335. The lowest BCUT2D eigenvalue weighted by atomic mass is 9.92. The van der Waals surface area contributed by atoms with Crippen LogP contribution in [0.3, 0.4) is 0 Å². The van der Waals surface area contributed by atoms with Crippen molar-refractivity contribution in [3.8, 4) is 5.75 Å². The van der Waals surface area contributed by atoms with E-state index in [1.54, 1.807) is 11.0 Å². The third kappa shape index (κ3) is 2.90. The Morgan fingerprint density at radius 2 is 1.70 bits per heavy atom. The van der Waals surface area contributed by atoms with Crippen molar-refractivity contribution >= 4 is 11.6 Å². The molecule has 1 aromatic carbocycles. The standard InChI is InChI=1S/C23H26FNO2/c1-14-12-19(24)20(13-21(14)27-16-6-2-3-7-16)25-22(15-10-11-15)17-8-4-5-9-18(17)23(25)26/h12-13,16H,2-11H2,1H3. The van der Waals surface area contributed by atoms with Crippen LogP contribution >= 0.6 is 0 Å². The highest BCUT2D eigenvalue weighted by Gasteiger charge is 2.41. The Bertz CT molecular complexity index is 871. The molecule has 3 aliphatic carbocycles. The van der Waals surface area contributed by atoms with Crippen LogP contribution in [0.5, 0.6) is 5.75 Å². The van der Waals surface area contributed by atoms with Crippen molar-refractivity contribution in [1.82, 2.24) is 0 Å². The molecule has 1 aliphatic heterocycles. The maximum atomic E-state index is 15.0. The van der Waals surface area contributed by atoms with Gasteiger partial charge in [-0.25, -0.2) is 4.39 Å². The molecule has 0 atom stereocenters. The van der Waals surface area contributed by atoms with Crippen molar-refractivity contribution in [1.29, 1.82) is 0 Å². The third-order valence-corrected chi connectivity index (χ3v) is 6.35. The topological polar surface area (TPSA) is 29.5 Å². The molecule has 0 N–H and O–H groups in total. The van der Waals surface area contributed by atoms with Crippen molar-refractivity contribution in [2.24, 2.45) is 0 Å². The van der Waals surface area contributed by atoms with E-state index in [1.807, 2.05) is 6.92 Å². The van der Waals surface area contributed by atoms with Crippen molar-refractivity contribution in [2.75, 3.05) is 4.90 Å². The molecule has 142 valence electrons. The lowest BCUT2D eigenvalue weighted by Gasteiger charge is -2.23. The molecule has 0 radical (unpaired) electrons. The van der Waals surface area contributed by atoms with Gasteiger partial charge in [0.1, 0.15) is 11.6 Å². The fraction of sp³-hybridized carbons (Fsp3) is 0.522. The molecule has 4 heteroatoms. The van der Waals surface area contributed by atoms with Gasteiger partial charge in [0.05, 0.1) is 17.5 Å². The molecule has 2 fully saturated rings. The molecule has 27 heavy (non-hydrogen) atoms. The first-order chi connectivity index (χ1) is 13.1. The van der Waals surface area contributed by atoms with Crippen LogP contribution in [0.4, 0.5) is 10.1 Å². The number of carbonyl (C=O) groups excluding carboxylic acids is 1. The van der Waals surface area contributed by atoms with Crippen LogP contribution in [0, 0.1) is 12.7 Å².